The smallest absolute Gasteiger partial charge is 0.259 e. The van der Waals surface area contributed by atoms with E-state index in [1.807, 2.05) is 0 Å². The van der Waals surface area contributed by atoms with Crippen molar-refractivity contribution in [1.82, 2.24) is 4.98 Å². The monoisotopic (exact) mass is 207 g/mol. The summed E-state index contributed by atoms with van der Waals surface area (Å²) in [5.74, 6) is 0. The number of nitriles is 2. The standard InChI is InChI=1S/C10H7F2N3/c1-6-5-15-8(2-3-13)7(4-14)9(6)10(11)12/h5,10H,2H2,1H3. The second-order valence-electron chi connectivity index (χ2n) is 2.92. The summed E-state index contributed by atoms with van der Waals surface area (Å²) in [7, 11) is 0. The fraction of sp³-hybridized carbons (Fsp3) is 0.300. The van der Waals surface area contributed by atoms with Crippen LogP contribution in [0.4, 0.5) is 8.78 Å². The summed E-state index contributed by atoms with van der Waals surface area (Å²) in [6.07, 6.45) is -1.60. The minimum absolute atomic E-state index is 0.112. The van der Waals surface area contributed by atoms with Gasteiger partial charge in [0.05, 0.1) is 23.7 Å². The Kier molecular flexibility index (Phi) is 3.30. The number of alkyl halides is 2. The average Bonchev–Trinajstić information content (AvgIpc) is 2.19. The molecule has 0 N–H and O–H groups in total. The first-order chi connectivity index (χ1) is 7.11. The van der Waals surface area contributed by atoms with Gasteiger partial charge in [-0.1, -0.05) is 0 Å². The zero-order chi connectivity index (χ0) is 11.4. The van der Waals surface area contributed by atoms with Crippen LogP contribution in [0.5, 0.6) is 0 Å². The highest BCUT2D eigenvalue weighted by Gasteiger charge is 2.19. The van der Waals surface area contributed by atoms with Crippen molar-refractivity contribution in [2.45, 2.75) is 19.8 Å². The number of aromatic nitrogens is 1. The summed E-state index contributed by atoms with van der Waals surface area (Å²) in [4.78, 5) is 3.80. The summed E-state index contributed by atoms with van der Waals surface area (Å²) in [6.45, 7) is 1.46. The molecule has 0 aliphatic carbocycles. The van der Waals surface area contributed by atoms with Crippen LogP contribution in [0, 0.1) is 29.6 Å². The average molecular weight is 207 g/mol. The lowest BCUT2D eigenvalue weighted by atomic mass is 10.0. The van der Waals surface area contributed by atoms with E-state index in [1.54, 1.807) is 12.1 Å². The molecule has 0 unspecified atom stereocenters. The van der Waals surface area contributed by atoms with E-state index >= 15 is 0 Å². The Labute approximate surface area is 85.6 Å². The summed E-state index contributed by atoms with van der Waals surface area (Å²) in [5.41, 5.74) is -0.117. The molecule has 0 radical (unpaired) electrons. The van der Waals surface area contributed by atoms with Gasteiger partial charge in [-0.3, -0.25) is 4.98 Å². The van der Waals surface area contributed by atoms with Gasteiger partial charge in [0.25, 0.3) is 6.43 Å². The lowest BCUT2D eigenvalue weighted by Crippen LogP contribution is -2.02. The third-order valence-electron chi connectivity index (χ3n) is 1.97. The lowest BCUT2D eigenvalue weighted by Gasteiger charge is -2.08. The number of aryl methyl sites for hydroxylation is 1. The zero-order valence-electron chi connectivity index (χ0n) is 7.96. The minimum Gasteiger partial charge on any atom is -0.259 e. The fourth-order valence-electron chi connectivity index (χ4n) is 1.28. The topological polar surface area (TPSA) is 60.5 Å². The molecule has 5 heteroatoms. The Morgan fingerprint density at radius 3 is 2.60 bits per heavy atom. The van der Waals surface area contributed by atoms with Crippen LogP contribution in [-0.2, 0) is 6.42 Å². The number of hydrogen-bond donors (Lipinski definition) is 0. The highest BCUT2D eigenvalue weighted by Crippen LogP contribution is 2.27. The van der Waals surface area contributed by atoms with Crippen LogP contribution >= 0.6 is 0 Å². The van der Waals surface area contributed by atoms with Crippen molar-refractivity contribution in [2.24, 2.45) is 0 Å². The number of nitrogens with zero attached hydrogens (tertiary/aromatic N) is 3. The Balaban J connectivity index is 3.43. The van der Waals surface area contributed by atoms with E-state index < -0.39 is 6.43 Å². The van der Waals surface area contributed by atoms with E-state index in [-0.39, 0.29) is 28.8 Å². The highest BCUT2D eigenvalue weighted by molar-refractivity contribution is 5.46. The predicted molar refractivity (Wildman–Crippen MR) is 48.0 cm³/mol. The minimum atomic E-state index is -2.72. The third kappa shape index (κ3) is 2.08. The maximum absolute atomic E-state index is 12.6. The van der Waals surface area contributed by atoms with Gasteiger partial charge in [-0.25, -0.2) is 8.78 Å². The Morgan fingerprint density at radius 2 is 2.13 bits per heavy atom. The molecule has 0 fully saturated rings. The second-order valence-corrected chi connectivity index (χ2v) is 2.92. The van der Waals surface area contributed by atoms with E-state index in [0.717, 1.165) is 0 Å². The molecular weight excluding hydrogens is 200 g/mol. The SMILES string of the molecule is Cc1cnc(CC#N)c(C#N)c1C(F)F. The van der Waals surface area contributed by atoms with Gasteiger partial charge in [-0.2, -0.15) is 10.5 Å². The van der Waals surface area contributed by atoms with E-state index in [2.05, 4.69) is 4.98 Å². The molecule has 0 atom stereocenters. The van der Waals surface area contributed by atoms with Crippen LogP contribution in [0.3, 0.4) is 0 Å². The van der Waals surface area contributed by atoms with Crippen molar-refractivity contribution in [1.29, 1.82) is 10.5 Å². The van der Waals surface area contributed by atoms with Crippen molar-refractivity contribution in [3.8, 4) is 12.1 Å². The van der Waals surface area contributed by atoms with Crippen molar-refractivity contribution in [3.63, 3.8) is 0 Å². The number of hydrogen-bond acceptors (Lipinski definition) is 3. The largest absolute Gasteiger partial charge is 0.265 e. The van der Waals surface area contributed by atoms with E-state index in [4.69, 9.17) is 10.5 Å². The normalized spacial score (nSPS) is 9.73. The van der Waals surface area contributed by atoms with Gasteiger partial charge in [-0.15, -0.1) is 0 Å². The Hall–Kier alpha value is -2.01. The van der Waals surface area contributed by atoms with Gasteiger partial charge in [-0.05, 0) is 12.5 Å². The molecule has 0 aliphatic heterocycles. The second kappa shape index (κ2) is 4.47. The molecule has 15 heavy (non-hydrogen) atoms. The van der Waals surface area contributed by atoms with Crippen molar-refractivity contribution >= 4 is 0 Å². The summed E-state index contributed by atoms with van der Waals surface area (Å²) in [5, 5.41) is 17.2. The molecule has 0 aromatic carbocycles. The molecule has 0 saturated carbocycles. The quantitative estimate of drug-likeness (QED) is 0.747. The molecule has 0 saturated heterocycles. The van der Waals surface area contributed by atoms with Crippen LogP contribution in [0.25, 0.3) is 0 Å². The Bertz CT molecular complexity index is 455. The molecule has 1 aromatic rings. The molecular formula is C10H7F2N3. The molecule has 3 nitrogen and oxygen atoms in total. The Morgan fingerprint density at radius 1 is 1.47 bits per heavy atom. The van der Waals surface area contributed by atoms with E-state index in [1.165, 1.54) is 13.1 Å². The first kappa shape index (κ1) is 11.1. The van der Waals surface area contributed by atoms with Crippen LogP contribution < -0.4 is 0 Å². The lowest BCUT2D eigenvalue weighted by molar-refractivity contribution is 0.150. The molecule has 1 rings (SSSR count). The first-order valence-corrected chi connectivity index (χ1v) is 4.15. The van der Waals surface area contributed by atoms with Gasteiger partial charge in [0.15, 0.2) is 0 Å². The number of rotatable bonds is 2. The van der Waals surface area contributed by atoms with Crippen molar-refractivity contribution in [3.05, 3.63) is 28.6 Å². The summed E-state index contributed by atoms with van der Waals surface area (Å²) in [6, 6.07) is 3.46. The van der Waals surface area contributed by atoms with Crippen LogP contribution in [-0.4, -0.2) is 4.98 Å². The van der Waals surface area contributed by atoms with Crippen LogP contribution in [0.2, 0.25) is 0 Å². The number of halogens is 2. The van der Waals surface area contributed by atoms with Gasteiger partial charge in [0, 0.05) is 11.8 Å². The van der Waals surface area contributed by atoms with E-state index in [9.17, 15) is 8.78 Å². The molecule has 76 valence electrons. The van der Waals surface area contributed by atoms with Gasteiger partial charge in [0.1, 0.15) is 6.07 Å². The zero-order valence-corrected chi connectivity index (χ0v) is 7.96. The van der Waals surface area contributed by atoms with Crippen LogP contribution in [0.1, 0.15) is 28.8 Å². The summed E-state index contributed by atoms with van der Waals surface area (Å²) < 4.78 is 25.3. The van der Waals surface area contributed by atoms with Gasteiger partial charge < -0.3 is 0 Å². The highest BCUT2D eigenvalue weighted by atomic mass is 19.3. The summed E-state index contributed by atoms with van der Waals surface area (Å²) >= 11 is 0. The van der Waals surface area contributed by atoms with E-state index in [0.29, 0.717) is 0 Å². The molecule has 1 heterocycles. The molecule has 0 spiro atoms. The van der Waals surface area contributed by atoms with Gasteiger partial charge in [0.2, 0.25) is 0 Å². The van der Waals surface area contributed by atoms with Crippen molar-refractivity contribution < 1.29 is 8.78 Å². The molecule has 0 aliphatic rings. The fourth-order valence-corrected chi connectivity index (χ4v) is 1.28. The number of pyridine rings is 1. The van der Waals surface area contributed by atoms with Gasteiger partial charge >= 0.3 is 0 Å². The third-order valence-corrected chi connectivity index (χ3v) is 1.97. The molecule has 0 amide bonds. The first-order valence-electron chi connectivity index (χ1n) is 4.15. The molecule has 1 aromatic heterocycles. The maximum Gasteiger partial charge on any atom is 0.265 e. The maximum atomic E-state index is 12.6. The molecule has 0 bridgehead atoms. The van der Waals surface area contributed by atoms with Crippen LogP contribution in [0.15, 0.2) is 6.20 Å². The predicted octanol–water partition coefficient (Wildman–Crippen LogP) is 2.27. The van der Waals surface area contributed by atoms with Crippen molar-refractivity contribution in [2.75, 3.05) is 0 Å².